The van der Waals surface area contributed by atoms with Crippen molar-refractivity contribution < 1.29 is 17.5 Å². The minimum Gasteiger partial charge on any atom is -0.495 e. The first-order valence-corrected chi connectivity index (χ1v) is 8.31. The van der Waals surface area contributed by atoms with Crippen LogP contribution in [0.1, 0.15) is 18.5 Å². The van der Waals surface area contributed by atoms with Crippen LogP contribution in [0.15, 0.2) is 47.4 Å². The second-order valence-corrected chi connectivity index (χ2v) is 6.81. The van der Waals surface area contributed by atoms with Crippen molar-refractivity contribution in [3.8, 4) is 5.75 Å². The standard InChI is InChI=1S/C15H15ClFNO3S/c1-10(11-3-5-12(16)6-4-11)18-22(19,20)15-9-13(17)7-8-14(15)21-2/h3-10,18H,1-2H3/t10-/m1/s1. The second-order valence-electron chi connectivity index (χ2n) is 4.69. The molecule has 0 aliphatic heterocycles. The lowest BCUT2D eigenvalue weighted by atomic mass is 10.1. The number of ether oxygens (including phenoxy) is 1. The van der Waals surface area contributed by atoms with Gasteiger partial charge in [-0.25, -0.2) is 17.5 Å². The van der Waals surface area contributed by atoms with Crippen LogP contribution >= 0.6 is 11.6 Å². The van der Waals surface area contributed by atoms with Crippen LogP contribution in [0.2, 0.25) is 5.02 Å². The van der Waals surface area contributed by atoms with Crippen molar-refractivity contribution in [3.05, 3.63) is 58.9 Å². The fourth-order valence-electron chi connectivity index (χ4n) is 1.98. The maximum absolute atomic E-state index is 13.4. The normalized spacial score (nSPS) is 12.9. The Kier molecular flexibility index (Phi) is 5.05. The van der Waals surface area contributed by atoms with Gasteiger partial charge in [-0.05, 0) is 42.8 Å². The van der Waals surface area contributed by atoms with Crippen LogP contribution < -0.4 is 9.46 Å². The van der Waals surface area contributed by atoms with E-state index < -0.39 is 21.9 Å². The molecule has 0 aliphatic carbocycles. The number of benzene rings is 2. The maximum atomic E-state index is 13.4. The first kappa shape index (κ1) is 16.7. The maximum Gasteiger partial charge on any atom is 0.244 e. The van der Waals surface area contributed by atoms with Gasteiger partial charge in [-0.1, -0.05) is 23.7 Å². The molecule has 7 heteroatoms. The van der Waals surface area contributed by atoms with Crippen molar-refractivity contribution in [2.24, 2.45) is 0 Å². The van der Waals surface area contributed by atoms with E-state index in [1.54, 1.807) is 31.2 Å². The van der Waals surface area contributed by atoms with E-state index >= 15 is 0 Å². The number of methoxy groups -OCH3 is 1. The fourth-order valence-corrected chi connectivity index (χ4v) is 3.51. The molecule has 1 atom stereocenters. The number of hydrogen-bond acceptors (Lipinski definition) is 3. The SMILES string of the molecule is COc1ccc(F)cc1S(=O)(=O)N[C@H](C)c1ccc(Cl)cc1. The zero-order chi connectivity index (χ0) is 16.3. The smallest absolute Gasteiger partial charge is 0.244 e. The molecule has 4 nitrogen and oxygen atoms in total. The van der Waals surface area contributed by atoms with Crippen molar-refractivity contribution in [3.63, 3.8) is 0 Å². The molecule has 0 fully saturated rings. The van der Waals surface area contributed by atoms with Gasteiger partial charge in [0.1, 0.15) is 16.5 Å². The molecule has 0 aliphatic rings. The van der Waals surface area contributed by atoms with Crippen LogP contribution in [0.4, 0.5) is 4.39 Å². The molecule has 0 bridgehead atoms. The molecule has 0 spiro atoms. The Morgan fingerprint density at radius 1 is 1.18 bits per heavy atom. The second kappa shape index (κ2) is 6.64. The fraction of sp³-hybridized carbons (Fsp3) is 0.200. The van der Waals surface area contributed by atoms with Gasteiger partial charge in [0.05, 0.1) is 7.11 Å². The van der Waals surface area contributed by atoms with Gasteiger partial charge in [0.25, 0.3) is 0 Å². The topological polar surface area (TPSA) is 55.4 Å². The van der Waals surface area contributed by atoms with E-state index in [9.17, 15) is 12.8 Å². The molecular weight excluding hydrogens is 329 g/mol. The van der Waals surface area contributed by atoms with Gasteiger partial charge in [0, 0.05) is 11.1 Å². The average molecular weight is 344 g/mol. The van der Waals surface area contributed by atoms with Crippen molar-refractivity contribution in [2.45, 2.75) is 17.9 Å². The highest BCUT2D eigenvalue weighted by Gasteiger charge is 2.23. The Bertz CT molecular complexity index is 763. The van der Waals surface area contributed by atoms with Crippen molar-refractivity contribution in [1.82, 2.24) is 4.72 Å². The summed E-state index contributed by atoms with van der Waals surface area (Å²) in [6, 6.07) is 9.62. The van der Waals surface area contributed by atoms with Crippen LogP contribution in [0.5, 0.6) is 5.75 Å². The van der Waals surface area contributed by atoms with Gasteiger partial charge in [-0.15, -0.1) is 0 Å². The molecule has 22 heavy (non-hydrogen) atoms. The number of nitrogens with one attached hydrogen (secondary N) is 1. The predicted molar refractivity (Wildman–Crippen MR) is 83.1 cm³/mol. The third-order valence-corrected chi connectivity index (χ3v) is 4.93. The molecule has 2 rings (SSSR count). The lowest BCUT2D eigenvalue weighted by molar-refractivity contribution is 0.400. The molecule has 0 radical (unpaired) electrons. The van der Waals surface area contributed by atoms with Crippen LogP contribution in [-0.2, 0) is 10.0 Å². The molecule has 118 valence electrons. The summed E-state index contributed by atoms with van der Waals surface area (Å²) in [4.78, 5) is -0.240. The van der Waals surface area contributed by atoms with Crippen LogP contribution in [0.3, 0.4) is 0 Å². The summed E-state index contributed by atoms with van der Waals surface area (Å²) in [6.07, 6.45) is 0. The summed E-state index contributed by atoms with van der Waals surface area (Å²) in [5.41, 5.74) is 0.739. The highest BCUT2D eigenvalue weighted by molar-refractivity contribution is 7.89. The molecule has 0 saturated carbocycles. The molecule has 2 aromatic carbocycles. The first-order valence-electron chi connectivity index (χ1n) is 6.45. The van der Waals surface area contributed by atoms with E-state index in [1.165, 1.54) is 13.2 Å². The molecule has 1 N–H and O–H groups in total. The largest absolute Gasteiger partial charge is 0.495 e. The van der Waals surface area contributed by atoms with E-state index in [2.05, 4.69) is 4.72 Å². The summed E-state index contributed by atoms with van der Waals surface area (Å²) in [6.45, 7) is 1.69. The molecule has 0 amide bonds. The molecule has 0 heterocycles. The first-order chi connectivity index (χ1) is 10.3. The third-order valence-electron chi connectivity index (χ3n) is 3.12. The average Bonchev–Trinajstić information content (AvgIpc) is 2.47. The Morgan fingerprint density at radius 2 is 1.82 bits per heavy atom. The summed E-state index contributed by atoms with van der Waals surface area (Å²) in [5.74, 6) is -0.572. The van der Waals surface area contributed by atoms with Gasteiger partial charge >= 0.3 is 0 Å². The molecule has 2 aromatic rings. The van der Waals surface area contributed by atoms with Crippen molar-refractivity contribution >= 4 is 21.6 Å². The van der Waals surface area contributed by atoms with E-state index in [1.807, 2.05) is 0 Å². The lowest BCUT2D eigenvalue weighted by Crippen LogP contribution is -2.27. The third kappa shape index (κ3) is 3.76. The zero-order valence-electron chi connectivity index (χ0n) is 12.0. The van der Waals surface area contributed by atoms with E-state index in [0.29, 0.717) is 5.02 Å². The van der Waals surface area contributed by atoms with Gasteiger partial charge in [-0.3, -0.25) is 0 Å². The van der Waals surface area contributed by atoms with E-state index in [-0.39, 0.29) is 10.6 Å². The van der Waals surface area contributed by atoms with Gasteiger partial charge < -0.3 is 4.74 Å². The van der Waals surface area contributed by atoms with E-state index in [4.69, 9.17) is 16.3 Å². The molecular formula is C15H15ClFNO3S. The molecule has 0 unspecified atom stereocenters. The Morgan fingerprint density at radius 3 is 2.41 bits per heavy atom. The Balaban J connectivity index is 2.31. The van der Waals surface area contributed by atoms with Gasteiger partial charge in [0.2, 0.25) is 10.0 Å². The summed E-state index contributed by atoms with van der Waals surface area (Å²) < 4.78 is 45.7. The lowest BCUT2D eigenvalue weighted by Gasteiger charge is -2.16. The quantitative estimate of drug-likeness (QED) is 0.903. The minimum absolute atomic E-state index is 0.0807. The summed E-state index contributed by atoms with van der Waals surface area (Å²) in [5, 5.41) is 0.561. The van der Waals surface area contributed by atoms with Crippen LogP contribution in [-0.4, -0.2) is 15.5 Å². The summed E-state index contributed by atoms with van der Waals surface area (Å²) in [7, 11) is -2.60. The molecule has 0 saturated heterocycles. The predicted octanol–water partition coefficient (Wildman–Crippen LogP) is 3.53. The monoisotopic (exact) mass is 343 g/mol. The highest BCUT2D eigenvalue weighted by atomic mass is 35.5. The number of rotatable bonds is 5. The number of halogens is 2. The van der Waals surface area contributed by atoms with Crippen molar-refractivity contribution in [1.29, 1.82) is 0 Å². The number of hydrogen-bond donors (Lipinski definition) is 1. The Labute approximate surface area is 133 Å². The highest BCUT2D eigenvalue weighted by Crippen LogP contribution is 2.26. The zero-order valence-corrected chi connectivity index (χ0v) is 13.6. The summed E-state index contributed by atoms with van der Waals surface area (Å²) >= 11 is 5.81. The Hall–Kier alpha value is -1.63. The van der Waals surface area contributed by atoms with E-state index in [0.717, 1.165) is 17.7 Å². The van der Waals surface area contributed by atoms with Crippen LogP contribution in [0, 0.1) is 5.82 Å². The van der Waals surface area contributed by atoms with Crippen LogP contribution in [0.25, 0.3) is 0 Å². The van der Waals surface area contributed by atoms with Gasteiger partial charge in [0.15, 0.2) is 0 Å². The van der Waals surface area contributed by atoms with Gasteiger partial charge in [-0.2, -0.15) is 0 Å². The molecule has 0 aromatic heterocycles. The number of sulfonamides is 1. The van der Waals surface area contributed by atoms with Crippen molar-refractivity contribution in [2.75, 3.05) is 7.11 Å². The minimum atomic E-state index is -3.93.